The highest BCUT2D eigenvalue weighted by molar-refractivity contribution is 6.32. The molecule has 1 fully saturated rings. The van der Waals surface area contributed by atoms with Gasteiger partial charge in [0.25, 0.3) is 0 Å². The number of carbonyl (C=O) groups is 3. The minimum absolute atomic E-state index is 0.303. The number of para-hydroxylation sites is 1. The molecule has 1 spiro atoms. The van der Waals surface area contributed by atoms with E-state index in [0.717, 1.165) is 0 Å². The first kappa shape index (κ1) is 27.1. The first-order valence-corrected chi connectivity index (χ1v) is 14.2. The van der Waals surface area contributed by atoms with Crippen LogP contribution in [-0.4, -0.2) is 43.7 Å². The maximum atomic E-state index is 14.8. The van der Waals surface area contributed by atoms with Crippen LogP contribution in [0, 0.1) is 11.2 Å². The van der Waals surface area contributed by atoms with E-state index in [9.17, 15) is 18.8 Å². The standard InChI is InChI=1S/C35H25ClFNO5/c1-42-27-9-5-8-25(32(27)43-2)29-30(31(39)19-10-13-21(36)14-11-19)38-26-16-15-22(37)18-20(26)12-17-28(38)35(29)33(40)23-6-3-4-7-24(23)34(35)41/h3-18,28-30H,1-2H3. The first-order valence-electron chi connectivity index (χ1n) is 13.8. The van der Waals surface area contributed by atoms with Crippen LogP contribution in [0.5, 0.6) is 11.5 Å². The quantitative estimate of drug-likeness (QED) is 0.187. The van der Waals surface area contributed by atoms with E-state index < -0.39 is 29.2 Å². The number of methoxy groups -OCH3 is 2. The minimum atomic E-state index is -1.74. The number of Topliss-reactive ketones (excluding diaryl/α,β-unsaturated/α-hetero) is 3. The van der Waals surface area contributed by atoms with Crippen LogP contribution < -0.4 is 14.4 Å². The smallest absolute Gasteiger partial charge is 0.185 e. The molecule has 1 saturated heterocycles. The highest BCUT2D eigenvalue weighted by Crippen LogP contribution is 2.62. The first-order chi connectivity index (χ1) is 20.8. The van der Waals surface area contributed by atoms with Gasteiger partial charge < -0.3 is 14.4 Å². The lowest BCUT2D eigenvalue weighted by Gasteiger charge is -2.37. The van der Waals surface area contributed by atoms with Crippen molar-refractivity contribution < 1.29 is 28.2 Å². The Labute approximate surface area is 252 Å². The molecule has 4 aromatic carbocycles. The topological polar surface area (TPSA) is 72.9 Å². The largest absolute Gasteiger partial charge is 0.493 e. The molecule has 3 aliphatic rings. The Morgan fingerprint density at radius 1 is 0.884 bits per heavy atom. The van der Waals surface area contributed by atoms with Gasteiger partial charge in [0.15, 0.2) is 28.8 Å². The molecule has 214 valence electrons. The summed E-state index contributed by atoms with van der Waals surface area (Å²) < 4.78 is 25.9. The van der Waals surface area contributed by atoms with Gasteiger partial charge in [0.2, 0.25) is 0 Å². The van der Waals surface area contributed by atoms with E-state index in [0.29, 0.717) is 50.0 Å². The number of ether oxygens (including phenoxy) is 2. The third-order valence-corrected chi connectivity index (χ3v) is 9.18. The van der Waals surface area contributed by atoms with Crippen LogP contribution in [0.3, 0.4) is 0 Å². The van der Waals surface area contributed by atoms with Gasteiger partial charge in [-0.3, -0.25) is 14.4 Å². The number of ketones is 3. The van der Waals surface area contributed by atoms with Gasteiger partial charge in [-0.05, 0) is 48.5 Å². The van der Waals surface area contributed by atoms with Crippen molar-refractivity contribution in [3.8, 4) is 11.5 Å². The van der Waals surface area contributed by atoms with Gasteiger partial charge in [0.05, 0.1) is 20.3 Å². The summed E-state index contributed by atoms with van der Waals surface area (Å²) in [7, 11) is 2.98. The third kappa shape index (κ3) is 3.67. The average Bonchev–Trinajstić information content (AvgIpc) is 3.46. The highest BCUT2D eigenvalue weighted by Gasteiger charge is 2.72. The number of halogens is 2. The molecule has 7 rings (SSSR count). The van der Waals surface area contributed by atoms with Crippen LogP contribution in [0.4, 0.5) is 10.1 Å². The van der Waals surface area contributed by atoms with E-state index in [1.165, 1.54) is 26.4 Å². The molecule has 8 heteroatoms. The predicted molar refractivity (Wildman–Crippen MR) is 161 cm³/mol. The van der Waals surface area contributed by atoms with Gasteiger partial charge in [-0.25, -0.2) is 4.39 Å². The summed E-state index contributed by atoms with van der Waals surface area (Å²) >= 11 is 6.17. The molecule has 0 amide bonds. The summed E-state index contributed by atoms with van der Waals surface area (Å²) in [5, 5.41) is 0.460. The van der Waals surface area contributed by atoms with Crippen molar-refractivity contribution in [2.24, 2.45) is 5.41 Å². The molecule has 2 aliphatic heterocycles. The summed E-state index contributed by atoms with van der Waals surface area (Å²) in [6, 6.07) is 20.9. The van der Waals surface area contributed by atoms with Gasteiger partial charge in [0, 0.05) is 44.4 Å². The second-order valence-corrected chi connectivity index (χ2v) is 11.3. The fraction of sp³-hybridized carbons (Fsp3) is 0.171. The van der Waals surface area contributed by atoms with E-state index in [4.69, 9.17) is 21.1 Å². The lowest BCUT2D eigenvalue weighted by Crippen LogP contribution is -2.48. The average molecular weight is 594 g/mol. The molecule has 2 heterocycles. The fourth-order valence-corrected chi connectivity index (χ4v) is 7.36. The molecule has 0 saturated carbocycles. The van der Waals surface area contributed by atoms with Crippen molar-refractivity contribution in [3.05, 3.63) is 130 Å². The predicted octanol–water partition coefficient (Wildman–Crippen LogP) is 6.81. The van der Waals surface area contributed by atoms with Crippen molar-refractivity contribution in [1.82, 2.24) is 0 Å². The molecule has 6 nitrogen and oxygen atoms in total. The van der Waals surface area contributed by atoms with E-state index in [1.54, 1.807) is 84.9 Å². The molecular weight excluding hydrogens is 569 g/mol. The van der Waals surface area contributed by atoms with Crippen LogP contribution in [0.1, 0.15) is 48.1 Å². The minimum Gasteiger partial charge on any atom is -0.493 e. The van der Waals surface area contributed by atoms with Crippen LogP contribution in [0.2, 0.25) is 5.02 Å². The highest BCUT2D eigenvalue weighted by atomic mass is 35.5. The van der Waals surface area contributed by atoms with Crippen LogP contribution in [0.15, 0.2) is 91.0 Å². The van der Waals surface area contributed by atoms with Gasteiger partial charge in [0.1, 0.15) is 17.3 Å². The van der Waals surface area contributed by atoms with Crippen molar-refractivity contribution in [2.75, 3.05) is 19.1 Å². The molecule has 43 heavy (non-hydrogen) atoms. The van der Waals surface area contributed by atoms with Crippen LogP contribution >= 0.6 is 11.6 Å². The van der Waals surface area contributed by atoms with E-state index in [1.807, 2.05) is 4.90 Å². The van der Waals surface area contributed by atoms with Gasteiger partial charge in [-0.2, -0.15) is 0 Å². The second-order valence-electron chi connectivity index (χ2n) is 10.9. The van der Waals surface area contributed by atoms with Gasteiger partial charge >= 0.3 is 0 Å². The summed E-state index contributed by atoms with van der Waals surface area (Å²) in [6.07, 6.45) is 3.47. The zero-order valence-electron chi connectivity index (χ0n) is 23.2. The summed E-state index contributed by atoms with van der Waals surface area (Å²) in [4.78, 5) is 46.2. The number of nitrogens with zero attached hydrogens (tertiary/aromatic N) is 1. The lowest BCUT2D eigenvalue weighted by atomic mass is 9.64. The number of carbonyl (C=O) groups excluding carboxylic acids is 3. The van der Waals surface area contributed by atoms with Crippen molar-refractivity contribution in [1.29, 1.82) is 0 Å². The number of hydrogen-bond acceptors (Lipinski definition) is 6. The van der Waals surface area contributed by atoms with Gasteiger partial charge in [-0.15, -0.1) is 0 Å². The zero-order chi connectivity index (χ0) is 30.0. The molecule has 3 atom stereocenters. The molecule has 0 bridgehead atoms. The third-order valence-electron chi connectivity index (χ3n) is 8.93. The SMILES string of the molecule is COc1cccc(C2C(C(=O)c3ccc(Cl)cc3)N3c4ccc(F)cc4C=CC3C23C(=O)c2ccccc2C3=O)c1OC. The molecule has 0 radical (unpaired) electrons. The molecular formula is C35H25ClFNO5. The number of benzene rings is 4. The van der Waals surface area contributed by atoms with Crippen molar-refractivity contribution in [2.45, 2.75) is 18.0 Å². The lowest BCUT2D eigenvalue weighted by molar-refractivity contribution is 0.0664. The van der Waals surface area contributed by atoms with Crippen molar-refractivity contribution >= 4 is 40.7 Å². The molecule has 0 N–H and O–H groups in total. The Morgan fingerprint density at radius 3 is 2.23 bits per heavy atom. The molecule has 4 aromatic rings. The number of fused-ring (bicyclic) bond motifs is 5. The maximum Gasteiger partial charge on any atom is 0.185 e. The fourth-order valence-electron chi connectivity index (χ4n) is 7.23. The van der Waals surface area contributed by atoms with E-state index in [-0.39, 0.29) is 17.3 Å². The Bertz CT molecular complexity index is 1830. The monoisotopic (exact) mass is 593 g/mol. The van der Waals surface area contributed by atoms with Crippen LogP contribution in [-0.2, 0) is 0 Å². The number of anilines is 1. The second kappa shape index (κ2) is 9.92. The number of rotatable bonds is 5. The Morgan fingerprint density at radius 2 is 1.58 bits per heavy atom. The van der Waals surface area contributed by atoms with Crippen LogP contribution in [0.25, 0.3) is 6.08 Å². The molecule has 1 aliphatic carbocycles. The van der Waals surface area contributed by atoms with Gasteiger partial charge in [-0.1, -0.05) is 60.2 Å². The van der Waals surface area contributed by atoms with Crippen molar-refractivity contribution in [3.63, 3.8) is 0 Å². The Kier molecular flexibility index (Phi) is 6.25. The summed E-state index contributed by atoms with van der Waals surface area (Å²) in [5.74, 6) is -1.81. The Hall–Kier alpha value is -4.75. The van der Waals surface area contributed by atoms with E-state index >= 15 is 0 Å². The zero-order valence-corrected chi connectivity index (χ0v) is 24.0. The molecule has 3 unspecified atom stereocenters. The Balaban J connectivity index is 1.58. The maximum absolute atomic E-state index is 14.8. The number of hydrogen-bond donors (Lipinski definition) is 0. The molecule has 0 aromatic heterocycles. The van der Waals surface area contributed by atoms with E-state index in [2.05, 4.69) is 0 Å². The summed E-state index contributed by atoms with van der Waals surface area (Å²) in [5.41, 5.74) is 0.782. The normalized spacial score (nSPS) is 21.0. The summed E-state index contributed by atoms with van der Waals surface area (Å²) in [6.45, 7) is 0.